The molecule has 0 saturated carbocycles. The van der Waals surface area contributed by atoms with E-state index in [4.69, 9.17) is 0 Å². The maximum absolute atomic E-state index is 12.7. The van der Waals surface area contributed by atoms with Crippen LogP contribution in [0.5, 0.6) is 0 Å². The lowest BCUT2D eigenvalue weighted by atomic mass is 9.82. The summed E-state index contributed by atoms with van der Waals surface area (Å²) in [4.78, 5) is 12.7. The molecule has 0 amide bonds. The van der Waals surface area contributed by atoms with E-state index in [-0.39, 0.29) is 17.7 Å². The third-order valence-electron chi connectivity index (χ3n) is 4.29. The highest BCUT2D eigenvalue weighted by Gasteiger charge is 2.34. The Morgan fingerprint density at radius 2 is 1.46 bits per heavy atom. The second kappa shape index (κ2) is 7.76. The summed E-state index contributed by atoms with van der Waals surface area (Å²) in [6.45, 7) is 10.2. The minimum atomic E-state index is -0.531. The van der Waals surface area contributed by atoms with Crippen molar-refractivity contribution in [3.8, 4) is 11.1 Å². The van der Waals surface area contributed by atoms with Gasteiger partial charge in [-0.3, -0.25) is 4.79 Å². The van der Waals surface area contributed by atoms with Gasteiger partial charge in [0.05, 0.1) is 5.54 Å². The van der Waals surface area contributed by atoms with Crippen molar-refractivity contribution >= 4 is 5.78 Å². The molecule has 0 aromatic heterocycles. The maximum Gasteiger partial charge on any atom is 0.155 e. The lowest BCUT2D eigenvalue weighted by Crippen LogP contribution is -2.55. The quantitative estimate of drug-likeness (QED) is 0.787. The molecule has 2 nitrogen and oxygen atoms in total. The molecule has 1 unspecified atom stereocenters. The molecular formula is C22H29NO. The Bertz CT molecular complexity index is 658. The molecule has 0 saturated heterocycles. The number of hydrogen-bond donors (Lipinski definition) is 1. The van der Waals surface area contributed by atoms with Gasteiger partial charge in [-0.1, -0.05) is 68.4 Å². The van der Waals surface area contributed by atoms with Gasteiger partial charge in [-0.2, -0.15) is 0 Å². The van der Waals surface area contributed by atoms with Crippen molar-refractivity contribution < 1.29 is 4.79 Å². The van der Waals surface area contributed by atoms with Crippen LogP contribution in [0.25, 0.3) is 11.1 Å². The third-order valence-corrected chi connectivity index (χ3v) is 4.29. The Labute approximate surface area is 146 Å². The van der Waals surface area contributed by atoms with Crippen LogP contribution in [0.2, 0.25) is 0 Å². The van der Waals surface area contributed by atoms with Gasteiger partial charge in [0.2, 0.25) is 0 Å². The van der Waals surface area contributed by atoms with Crippen molar-refractivity contribution in [1.82, 2.24) is 5.32 Å². The van der Waals surface area contributed by atoms with Gasteiger partial charge in [0.1, 0.15) is 0 Å². The van der Waals surface area contributed by atoms with Crippen LogP contribution < -0.4 is 5.32 Å². The summed E-state index contributed by atoms with van der Waals surface area (Å²) in [5.41, 5.74) is 3.06. The molecule has 0 radical (unpaired) electrons. The average Bonchev–Trinajstić information content (AvgIpc) is 2.54. The summed E-state index contributed by atoms with van der Waals surface area (Å²) in [5.74, 6) is 0.285. The monoisotopic (exact) mass is 323 g/mol. The van der Waals surface area contributed by atoms with Crippen LogP contribution in [0.3, 0.4) is 0 Å². The Hall–Kier alpha value is -1.93. The van der Waals surface area contributed by atoms with E-state index in [9.17, 15) is 4.79 Å². The van der Waals surface area contributed by atoms with E-state index in [1.165, 1.54) is 16.7 Å². The number of carbonyl (C=O) groups is 1. The molecular weight excluding hydrogens is 294 g/mol. The first-order chi connectivity index (χ1) is 11.3. The van der Waals surface area contributed by atoms with Crippen LogP contribution >= 0.6 is 0 Å². The Kier molecular flexibility index (Phi) is 5.95. The van der Waals surface area contributed by atoms with Crippen molar-refractivity contribution in [1.29, 1.82) is 0 Å². The smallest absolute Gasteiger partial charge is 0.155 e. The largest absolute Gasteiger partial charge is 0.303 e. The molecule has 1 atom stereocenters. The van der Waals surface area contributed by atoms with Gasteiger partial charge < -0.3 is 5.32 Å². The van der Waals surface area contributed by atoms with Crippen molar-refractivity contribution in [2.24, 2.45) is 5.92 Å². The molecule has 1 N–H and O–H groups in total. The molecule has 2 rings (SSSR count). The van der Waals surface area contributed by atoms with Gasteiger partial charge in [-0.15, -0.1) is 0 Å². The predicted molar refractivity (Wildman–Crippen MR) is 102 cm³/mol. The lowest BCUT2D eigenvalue weighted by Gasteiger charge is -2.33. The normalized spacial score (nSPS) is 14.0. The highest BCUT2D eigenvalue weighted by atomic mass is 16.1. The molecule has 0 fully saturated rings. The second-order valence-corrected chi connectivity index (χ2v) is 7.39. The van der Waals surface area contributed by atoms with Gasteiger partial charge in [0.15, 0.2) is 5.78 Å². The van der Waals surface area contributed by atoms with E-state index in [0.717, 1.165) is 0 Å². The first-order valence-corrected chi connectivity index (χ1v) is 8.78. The summed E-state index contributed by atoms with van der Waals surface area (Å²) in [6.07, 6.45) is 0.706. The number of Topliss-reactive ketones (excluding diaryl/α,β-unsaturated/α-hetero) is 1. The third kappa shape index (κ3) is 4.55. The van der Waals surface area contributed by atoms with Crippen LogP contribution in [0.15, 0.2) is 54.6 Å². The molecule has 2 aromatic rings. The zero-order chi connectivity index (χ0) is 17.7. The van der Waals surface area contributed by atoms with Gasteiger partial charge in [-0.05, 0) is 43.9 Å². The summed E-state index contributed by atoms with van der Waals surface area (Å²) in [5, 5.41) is 3.48. The molecule has 0 aliphatic carbocycles. The Morgan fingerprint density at radius 1 is 0.917 bits per heavy atom. The van der Waals surface area contributed by atoms with Crippen molar-refractivity contribution in [3.05, 3.63) is 60.2 Å². The minimum absolute atomic E-state index is 0.0184. The van der Waals surface area contributed by atoms with Crippen LogP contribution in [0, 0.1) is 5.92 Å². The van der Waals surface area contributed by atoms with Gasteiger partial charge >= 0.3 is 0 Å². The molecule has 2 heteroatoms. The van der Waals surface area contributed by atoms with Crippen molar-refractivity contribution in [2.75, 3.05) is 0 Å². The number of ketones is 1. The number of nitrogens with one attached hydrogen (secondary N) is 1. The van der Waals surface area contributed by atoms with E-state index >= 15 is 0 Å². The molecule has 0 heterocycles. The number of carbonyl (C=O) groups excluding carboxylic acids is 1. The Balaban J connectivity index is 2.22. The van der Waals surface area contributed by atoms with Crippen LogP contribution in [0.1, 0.15) is 40.2 Å². The zero-order valence-corrected chi connectivity index (χ0v) is 15.5. The van der Waals surface area contributed by atoms with Crippen LogP contribution in [0.4, 0.5) is 0 Å². The average molecular weight is 323 g/mol. The molecule has 0 spiro atoms. The zero-order valence-electron chi connectivity index (χ0n) is 15.5. The minimum Gasteiger partial charge on any atom is -0.303 e. The Morgan fingerprint density at radius 3 is 1.96 bits per heavy atom. The topological polar surface area (TPSA) is 29.1 Å². The highest BCUT2D eigenvalue weighted by molar-refractivity contribution is 5.90. The summed E-state index contributed by atoms with van der Waals surface area (Å²) in [7, 11) is 0. The molecule has 0 aliphatic rings. The predicted octanol–water partition coefficient (Wildman–Crippen LogP) is 4.88. The molecule has 0 aliphatic heterocycles. The van der Waals surface area contributed by atoms with E-state index in [1.807, 2.05) is 39.0 Å². The van der Waals surface area contributed by atoms with Gasteiger partial charge in [0, 0.05) is 12.0 Å². The van der Waals surface area contributed by atoms with E-state index in [2.05, 4.69) is 55.6 Å². The fourth-order valence-electron chi connectivity index (χ4n) is 3.34. The fourth-order valence-corrected chi connectivity index (χ4v) is 3.34. The standard InChI is InChI=1S/C22H29NO/c1-16(2)21(24)22(5,23-17(3)4)15-18-11-13-20(14-12-18)19-9-7-6-8-10-19/h6-14,16-17,23H,15H2,1-5H3. The van der Waals surface area contributed by atoms with Gasteiger partial charge in [-0.25, -0.2) is 0 Å². The molecule has 2 aromatic carbocycles. The number of hydrogen-bond acceptors (Lipinski definition) is 2. The van der Waals surface area contributed by atoms with E-state index < -0.39 is 5.54 Å². The molecule has 128 valence electrons. The summed E-state index contributed by atoms with van der Waals surface area (Å²) < 4.78 is 0. The van der Waals surface area contributed by atoms with Crippen LogP contribution in [-0.4, -0.2) is 17.4 Å². The highest BCUT2D eigenvalue weighted by Crippen LogP contribution is 2.23. The second-order valence-electron chi connectivity index (χ2n) is 7.39. The van der Waals surface area contributed by atoms with E-state index in [0.29, 0.717) is 6.42 Å². The number of rotatable bonds is 7. The van der Waals surface area contributed by atoms with Gasteiger partial charge in [0.25, 0.3) is 0 Å². The van der Waals surface area contributed by atoms with Crippen molar-refractivity contribution in [2.45, 2.75) is 52.6 Å². The summed E-state index contributed by atoms with van der Waals surface area (Å²) >= 11 is 0. The first-order valence-electron chi connectivity index (χ1n) is 8.78. The number of benzene rings is 2. The fraction of sp³-hybridized carbons (Fsp3) is 0.409. The van der Waals surface area contributed by atoms with E-state index in [1.54, 1.807) is 0 Å². The molecule has 0 bridgehead atoms. The lowest BCUT2D eigenvalue weighted by molar-refractivity contribution is -0.128. The SMILES string of the molecule is CC(C)NC(C)(Cc1ccc(-c2ccccc2)cc1)C(=O)C(C)C. The van der Waals surface area contributed by atoms with Crippen LogP contribution in [-0.2, 0) is 11.2 Å². The molecule has 24 heavy (non-hydrogen) atoms. The van der Waals surface area contributed by atoms with Crippen molar-refractivity contribution in [3.63, 3.8) is 0 Å². The maximum atomic E-state index is 12.7. The first kappa shape index (κ1) is 18.4. The summed E-state index contributed by atoms with van der Waals surface area (Å²) in [6, 6.07) is 19.2.